The van der Waals surface area contributed by atoms with Crippen LogP contribution < -0.4 is 0 Å². The van der Waals surface area contributed by atoms with Crippen molar-refractivity contribution in [2.45, 2.75) is 45.3 Å². The van der Waals surface area contributed by atoms with Gasteiger partial charge in [-0.15, -0.1) is 0 Å². The van der Waals surface area contributed by atoms with Crippen molar-refractivity contribution in [3.8, 4) is 5.75 Å². The van der Waals surface area contributed by atoms with Crippen LogP contribution in [-0.2, 0) is 4.74 Å². The van der Waals surface area contributed by atoms with Crippen LogP contribution in [0, 0.1) is 0 Å². The number of carbonyl (C=O) groups is 2. The number of ether oxygens (including phenoxy) is 1. The Balaban J connectivity index is 2.06. The van der Waals surface area contributed by atoms with Crippen LogP contribution in [0.4, 0.5) is 4.79 Å². The van der Waals surface area contributed by atoms with Gasteiger partial charge < -0.3 is 19.6 Å². The van der Waals surface area contributed by atoms with Crippen LogP contribution in [-0.4, -0.2) is 58.7 Å². The number of rotatable bonds is 2. The maximum Gasteiger partial charge on any atom is 0.410 e. The van der Waals surface area contributed by atoms with Crippen LogP contribution in [0.25, 0.3) is 0 Å². The number of aromatic hydroxyl groups is 1. The highest BCUT2D eigenvalue weighted by atomic mass is 79.9. The number of phenols is 1. The predicted molar refractivity (Wildman–Crippen MR) is 114 cm³/mol. The fourth-order valence-electron chi connectivity index (χ4n) is 2.88. The molecule has 150 valence electrons. The van der Waals surface area contributed by atoms with E-state index in [4.69, 9.17) is 4.74 Å². The summed E-state index contributed by atoms with van der Waals surface area (Å²) in [6.45, 7) is 6.59. The van der Waals surface area contributed by atoms with Gasteiger partial charge in [0.1, 0.15) is 11.4 Å². The highest BCUT2D eigenvalue weighted by Crippen LogP contribution is 2.40. The van der Waals surface area contributed by atoms with Gasteiger partial charge in [0, 0.05) is 30.7 Å². The zero-order valence-electron chi connectivity index (χ0n) is 15.7. The van der Waals surface area contributed by atoms with Crippen LogP contribution >= 0.6 is 47.8 Å². The zero-order chi connectivity index (χ0) is 20.5. The topological polar surface area (TPSA) is 70.1 Å². The van der Waals surface area contributed by atoms with E-state index in [-0.39, 0.29) is 23.8 Å². The molecule has 1 aliphatic heterocycles. The van der Waals surface area contributed by atoms with Crippen molar-refractivity contribution in [1.29, 1.82) is 0 Å². The van der Waals surface area contributed by atoms with Gasteiger partial charge >= 0.3 is 6.09 Å². The molecule has 0 radical (unpaired) electrons. The number of nitrogens with zero attached hydrogens (tertiary/aromatic N) is 2. The number of halogens is 3. The summed E-state index contributed by atoms with van der Waals surface area (Å²) in [4.78, 5) is 28.5. The fraction of sp³-hybridized carbons (Fsp3) is 0.556. The van der Waals surface area contributed by atoms with Crippen LogP contribution in [0.1, 0.15) is 44.0 Å². The Morgan fingerprint density at radius 3 is 2.26 bits per heavy atom. The van der Waals surface area contributed by atoms with E-state index in [2.05, 4.69) is 47.8 Å². The van der Waals surface area contributed by atoms with E-state index in [1.165, 1.54) is 0 Å². The number of hydrogen-bond donors (Lipinski definition) is 1. The first-order chi connectivity index (χ1) is 12.4. The molecule has 1 N–H and O–H groups in total. The Morgan fingerprint density at radius 2 is 1.74 bits per heavy atom. The van der Waals surface area contributed by atoms with E-state index in [1.807, 2.05) is 20.8 Å². The van der Waals surface area contributed by atoms with E-state index in [0.29, 0.717) is 44.9 Å². The van der Waals surface area contributed by atoms with E-state index < -0.39 is 5.60 Å². The van der Waals surface area contributed by atoms with Gasteiger partial charge in [0.05, 0.1) is 14.5 Å². The molecule has 9 heteroatoms. The molecule has 1 aromatic carbocycles. The van der Waals surface area contributed by atoms with Crippen LogP contribution in [0.5, 0.6) is 5.75 Å². The van der Waals surface area contributed by atoms with Gasteiger partial charge in [0.25, 0.3) is 5.91 Å². The molecule has 1 aliphatic rings. The van der Waals surface area contributed by atoms with Crippen molar-refractivity contribution in [1.82, 2.24) is 9.80 Å². The quantitative estimate of drug-likeness (QED) is 0.534. The number of carbonyl (C=O) groups excluding carboxylic acids is 2. The van der Waals surface area contributed by atoms with Crippen molar-refractivity contribution >= 4 is 59.8 Å². The molecule has 1 fully saturated rings. The molecule has 1 aromatic rings. The van der Waals surface area contributed by atoms with Gasteiger partial charge in [-0.25, -0.2) is 4.79 Å². The van der Waals surface area contributed by atoms with Gasteiger partial charge in [-0.05, 0) is 87.5 Å². The minimum absolute atomic E-state index is 0.000719. The Labute approximate surface area is 184 Å². The molecule has 1 saturated heterocycles. The average molecular weight is 571 g/mol. The Hall–Kier alpha value is -0.800. The van der Waals surface area contributed by atoms with Gasteiger partial charge in [-0.1, -0.05) is 0 Å². The first-order valence-corrected chi connectivity index (χ1v) is 10.9. The molecule has 6 nitrogen and oxygen atoms in total. The van der Waals surface area contributed by atoms with E-state index in [9.17, 15) is 14.7 Å². The molecular formula is C18H23Br3N2O4. The summed E-state index contributed by atoms with van der Waals surface area (Å²) >= 11 is 9.95. The summed E-state index contributed by atoms with van der Waals surface area (Å²) in [5.41, 5.74) is -0.157. The normalized spacial score (nSPS) is 15.6. The summed E-state index contributed by atoms with van der Waals surface area (Å²) < 4.78 is 6.82. The second-order valence-corrected chi connectivity index (χ2v) is 9.99. The summed E-state index contributed by atoms with van der Waals surface area (Å²) in [6.07, 6.45) is 1.01. The number of phenolic OH excluding ortho intramolecular Hbond substituents is 1. The number of amides is 2. The molecule has 0 bridgehead atoms. The summed E-state index contributed by atoms with van der Waals surface area (Å²) in [6, 6.07) is 1.65. The van der Waals surface area contributed by atoms with Crippen molar-refractivity contribution in [2.75, 3.05) is 20.1 Å². The first-order valence-electron chi connectivity index (χ1n) is 8.54. The lowest BCUT2D eigenvalue weighted by Gasteiger charge is -2.37. The molecule has 0 aromatic heterocycles. The van der Waals surface area contributed by atoms with Crippen molar-refractivity contribution < 1.29 is 19.4 Å². The fourth-order valence-corrected chi connectivity index (χ4v) is 5.34. The number of hydrogen-bond acceptors (Lipinski definition) is 4. The molecule has 2 amide bonds. The van der Waals surface area contributed by atoms with Crippen LogP contribution in [0.15, 0.2) is 19.5 Å². The minimum Gasteiger partial charge on any atom is -0.506 e. The lowest BCUT2D eigenvalue weighted by molar-refractivity contribution is 0.0160. The number of likely N-dealkylation sites (tertiary alicyclic amines) is 1. The molecular weight excluding hydrogens is 548 g/mol. The largest absolute Gasteiger partial charge is 0.506 e. The SMILES string of the molecule is CN(C(=O)c1c(Br)cc(Br)c(O)c1Br)C1CCN(C(=O)OC(C)(C)C)CC1. The van der Waals surface area contributed by atoms with E-state index in [0.717, 1.165) is 0 Å². The highest BCUT2D eigenvalue weighted by molar-refractivity contribution is 9.11. The van der Waals surface area contributed by atoms with Gasteiger partial charge in [0.2, 0.25) is 0 Å². The predicted octanol–water partition coefficient (Wildman–Crippen LogP) is 5.15. The summed E-state index contributed by atoms with van der Waals surface area (Å²) in [5.74, 6) is -0.220. The molecule has 27 heavy (non-hydrogen) atoms. The Kier molecular flexibility index (Phi) is 7.24. The van der Waals surface area contributed by atoms with E-state index >= 15 is 0 Å². The molecule has 2 rings (SSSR count). The van der Waals surface area contributed by atoms with Crippen molar-refractivity contribution in [2.24, 2.45) is 0 Å². The molecule has 0 spiro atoms. The molecule has 1 heterocycles. The smallest absolute Gasteiger partial charge is 0.410 e. The van der Waals surface area contributed by atoms with Crippen LogP contribution in [0.3, 0.4) is 0 Å². The second-order valence-electron chi connectivity index (χ2n) is 7.49. The van der Waals surface area contributed by atoms with Gasteiger partial charge in [-0.2, -0.15) is 0 Å². The first kappa shape index (κ1) is 22.5. The van der Waals surface area contributed by atoms with Crippen LogP contribution in [0.2, 0.25) is 0 Å². The lowest BCUT2D eigenvalue weighted by Crippen LogP contribution is -2.48. The monoisotopic (exact) mass is 568 g/mol. The zero-order valence-corrected chi connectivity index (χ0v) is 20.4. The second kappa shape index (κ2) is 8.69. The third kappa shape index (κ3) is 5.38. The average Bonchev–Trinajstić information content (AvgIpc) is 2.57. The lowest BCUT2D eigenvalue weighted by atomic mass is 10.0. The summed E-state index contributed by atoms with van der Waals surface area (Å²) in [7, 11) is 1.74. The standard InChI is InChI=1S/C18H23Br3N2O4/c1-18(2,3)27-17(26)23-7-5-10(6-8-23)22(4)16(25)13-11(19)9-12(20)15(24)14(13)21/h9-10,24H,5-8H2,1-4H3. The molecule has 0 saturated carbocycles. The third-order valence-corrected chi connectivity index (χ3v) is 6.35. The van der Waals surface area contributed by atoms with Crippen molar-refractivity contribution in [3.63, 3.8) is 0 Å². The molecule has 0 unspecified atom stereocenters. The Morgan fingerprint density at radius 1 is 1.19 bits per heavy atom. The number of benzene rings is 1. The highest BCUT2D eigenvalue weighted by Gasteiger charge is 2.32. The van der Waals surface area contributed by atoms with E-state index in [1.54, 1.807) is 22.9 Å². The number of piperidine rings is 1. The van der Waals surface area contributed by atoms with Gasteiger partial charge in [-0.3, -0.25) is 4.79 Å². The van der Waals surface area contributed by atoms with Crippen molar-refractivity contribution in [3.05, 3.63) is 25.0 Å². The maximum absolute atomic E-state index is 13.0. The third-order valence-electron chi connectivity index (χ3n) is 4.34. The maximum atomic E-state index is 13.0. The summed E-state index contributed by atoms with van der Waals surface area (Å²) in [5, 5.41) is 10.1. The molecule has 0 aliphatic carbocycles. The van der Waals surface area contributed by atoms with Gasteiger partial charge in [0.15, 0.2) is 0 Å². The molecule has 0 atom stereocenters. The minimum atomic E-state index is -0.525. The Bertz CT molecular complexity index is 741.